The lowest BCUT2D eigenvalue weighted by Gasteiger charge is -2.33. The second-order valence-corrected chi connectivity index (χ2v) is 11.3. The molecule has 0 aliphatic carbocycles. The number of ether oxygens (including phenoxy) is 1. The molecule has 0 spiro atoms. The number of sulfonamides is 1. The molecule has 2 aliphatic rings. The van der Waals surface area contributed by atoms with Gasteiger partial charge in [-0.05, 0) is 68.9 Å². The Morgan fingerprint density at radius 2 is 1.57 bits per heavy atom. The van der Waals surface area contributed by atoms with Crippen molar-refractivity contribution in [2.24, 2.45) is 0 Å². The maximum atomic E-state index is 13.7. The number of para-hydroxylation sites is 1. The van der Waals surface area contributed by atoms with E-state index in [4.69, 9.17) is 4.74 Å². The zero-order valence-electron chi connectivity index (χ0n) is 20.7. The summed E-state index contributed by atoms with van der Waals surface area (Å²) in [6, 6.07) is 14.8. The van der Waals surface area contributed by atoms with E-state index in [2.05, 4.69) is 4.90 Å². The Bertz CT molecular complexity index is 1080. The highest BCUT2D eigenvalue weighted by atomic mass is 32.2. The van der Waals surface area contributed by atoms with Gasteiger partial charge in [0.15, 0.2) is 0 Å². The first-order valence-electron chi connectivity index (χ1n) is 12.8. The first kappa shape index (κ1) is 25.5. The maximum absolute atomic E-state index is 13.7. The van der Waals surface area contributed by atoms with E-state index in [1.807, 2.05) is 36.4 Å². The van der Waals surface area contributed by atoms with Crippen molar-refractivity contribution in [3.8, 4) is 5.75 Å². The monoisotopic (exact) mass is 499 g/mol. The van der Waals surface area contributed by atoms with Crippen molar-refractivity contribution in [3.63, 3.8) is 0 Å². The van der Waals surface area contributed by atoms with Crippen molar-refractivity contribution >= 4 is 21.6 Å². The molecule has 1 amide bonds. The first-order valence-corrected chi connectivity index (χ1v) is 14.2. The van der Waals surface area contributed by atoms with Crippen molar-refractivity contribution in [1.29, 1.82) is 0 Å². The van der Waals surface area contributed by atoms with Crippen LogP contribution in [0.1, 0.15) is 55.3 Å². The number of carbonyl (C=O) groups is 1. The summed E-state index contributed by atoms with van der Waals surface area (Å²) < 4.78 is 34.7. The van der Waals surface area contributed by atoms with Crippen LogP contribution < -0.4 is 9.64 Å². The van der Waals surface area contributed by atoms with Gasteiger partial charge in [-0.2, -0.15) is 4.31 Å². The molecule has 8 heteroatoms. The zero-order valence-corrected chi connectivity index (χ0v) is 21.5. The number of anilines is 1. The largest absolute Gasteiger partial charge is 0.494 e. The van der Waals surface area contributed by atoms with E-state index in [0.29, 0.717) is 38.2 Å². The second-order valence-electron chi connectivity index (χ2n) is 9.44. The summed E-state index contributed by atoms with van der Waals surface area (Å²) in [6.45, 7) is 3.80. The summed E-state index contributed by atoms with van der Waals surface area (Å²) in [4.78, 5) is 17.3. The summed E-state index contributed by atoms with van der Waals surface area (Å²) in [5.41, 5.74) is 1.14. The van der Waals surface area contributed by atoms with Gasteiger partial charge in [0.1, 0.15) is 10.6 Å². The molecule has 0 unspecified atom stereocenters. The highest BCUT2D eigenvalue weighted by molar-refractivity contribution is 7.89. The average molecular weight is 500 g/mol. The summed E-state index contributed by atoms with van der Waals surface area (Å²) in [6.07, 6.45) is 6.77. The molecule has 35 heavy (non-hydrogen) atoms. The Labute approximate surface area is 209 Å². The van der Waals surface area contributed by atoms with E-state index in [0.717, 1.165) is 56.6 Å². The number of piperidine rings is 2. The third-order valence-corrected chi connectivity index (χ3v) is 8.76. The lowest BCUT2D eigenvalue weighted by Crippen LogP contribution is -2.38. The molecule has 0 atom stereocenters. The molecule has 0 saturated carbocycles. The van der Waals surface area contributed by atoms with Crippen LogP contribution in [-0.2, 0) is 10.0 Å². The second kappa shape index (κ2) is 11.9. The van der Waals surface area contributed by atoms with Gasteiger partial charge in [0.2, 0.25) is 10.0 Å². The number of nitrogens with zero attached hydrogens (tertiary/aromatic N) is 3. The molecule has 2 fully saturated rings. The molecule has 2 heterocycles. The van der Waals surface area contributed by atoms with Crippen LogP contribution in [0.4, 0.5) is 5.69 Å². The highest BCUT2D eigenvalue weighted by Crippen LogP contribution is 2.32. The smallest absolute Gasteiger partial charge is 0.253 e. The van der Waals surface area contributed by atoms with Gasteiger partial charge in [0.05, 0.1) is 12.3 Å². The fraction of sp³-hybridized carbons (Fsp3) is 0.519. The maximum Gasteiger partial charge on any atom is 0.253 e. The highest BCUT2D eigenvalue weighted by Gasteiger charge is 2.31. The number of amides is 1. The van der Waals surface area contributed by atoms with Crippen LogP contribution in [-0.4, -0.2) is 69.9 Å². The van der Waals surface area contributed by atoms with E-state index in [1.165, 1.54) is 6.42 Å². The Morgan fingerprint density at radius 1 is 0.914 bits per heavy atom. The van der Waals surface area contributed by atoms with E-state index in [9.17, 15) is 13.2 Å². The molecular formula is C27H37N3O4S. The normalized spacial score (nSPS) is 17.2. The first-order chi connectivity index (χ1) is 17.0. The zero-order chi connectivity index (χ0) is 24.7. The molecular weight excluding hydrogens is 462 g/mol. The van der Waals surface area contributed by atoms with Crippen molar-refractivity contribution in [2.45, 2.75) is 49.8 Å². The molecule has 0 bridgehead atoms. The molecule has 0 aromatic heterocycles. The van der Waals surface area contributed by atoms with E-state index in [-0.39, 0.29) is 10.8 Å². The minimum Gasteiger partial charge on any atom is -0.494 e. The number of hydrogen-bond acceptors (Lipinski definition) is 5. The summed E-state index contributed by atoms with van der Waals surface area (Å²) in [5, 5.41) is 0. The van der Waals surface area contributed by atoms with Crippen LogP contribution in [0, 0.1) is 0 Å². The number of benzene rings is 2. The third-order valence-electron chi connectivity index (χ3n) is 6.83. The van der Waals surface area contributed by atoms with Crippen LogP contribution in [0.3, 0.4) is 0 Å². The van der Waals surface area contributed by atoms with Gasteiger partial charge in [0, 0.05) is 45.3 Å². The minimum atomic E-state index is -3.67. The standard InChI is InChI=1S/C27H37N3O4S/c1-28(16-11-21-34-24-12-5-2-6-13-24)27(31)23-14-15-25(29-17-7-3-8-18-29)26(22-23)35(32,33)30-19-9-4-10-20-30/h2,5-6,12-15,22H,3-4,7-11,16-21H2,1H3. The van der Waals surface area contributed by atoms with Crippen molar-refractivity contribution in [1.82, 2.24) is 9.21 Å². The predicted molar refractivity (Wildman–Crippen MR) is 139 cm³/mol. The topological polar surface area (TPSA) is 70.2 Å². The quantitative estimate of drug-likeness (QED) is 0.479. The van der Waals surface area contributed by atoms with Crippen LogP contribution in [0.15, 0.2) is 53.4 Å². The Balaban J connectivity index is 1.50. The van der Waals surface area contributed by atoms with Crippen LogP contribution in [0.25, 0.3) is 0 Å². The Hall–Kier alpha value is -2.58. The van der Waals surface area contributed by atoms with E-state index >= 15 is 0 Å². The molecule has 7 nitrogen and oxygen atoms in total. The van der Waals surface area contributed by atoms with Gasteiger partial charge in [0.25, 0.3) is 5.91 Å². The van der Waals surface area contributed by atoms with Crippen molar-refractivity contribution in [3.05, 3.63) is 54.1 Å². The van der Waals surface area contributed by atoms with Crippen molar-refractivity contribution < 1.29 is 17.9 Å². The van der Waals surface area contributed by atoms with E-state index in [1.54, 1.807) is 28.4 Å². The van der Waals surface area contributed by atoms with Crippen LogP contribution in [0.5, 0.6) is 5.75 Å². The predicted octanol–water partition coefficient (Wildman–Crippen LogP) is 4.39. The average Bonchev–Trinajstić information content (AvgIpc) is 2.92. The van der Waals surface area contributed by atoms with E-state index < -0.39 is 10.0 Å². The van der Waals surface area contributed by atoms with Crippen LogP contribution in [0.2, 0.25) is 0 Å². The van der Waals surface area contributed by atoms with Gasteiger partial charge in [-0.3, -0.25) is 4.79 Å². The number of carbonyl (C=O) groups excluding carboxylic acids is 1. The van der Waals surface area contributed by atoms with Gasteiger partial charge >= 0.3 is 0 Å². The molecule has 190 valence electrons. The molecule has 2 aliphatic heterocycles. The van der Waals surface area contributed by atoms with Crippen molar-refractivity contribution in [2.75, 3.05) is 51.3 Å². The SMILES string of the molecule is CN(CCCOc1ccccc1)C(=O)c1ccc(N2CCCCC2)c(S(=O)(=O)N2CCCCC2)c1. The molecule has 2 saturated heterocycles. The third kappa shape index (κ3) is 6.35. The fourth-order valence-electron chi connectivity index (χ4n) is 4.82. The Morgan fingerprint density at radius 3 is 2.26 bits per heavy atom. The van der Waals surface area contributed by atoms with Gasteiger partial charge in [-0.1, -0.05) is 24.6 Å². The molecule has 2 aromatic carbocycles. The van der Waals surface area contributed by atoms with Gasteiger partial charge < -0.3 is 14.5 Å². The number of hydrogen-bond donors (Lipinski definition) is 0. The molecule has 0 N–H and O–H groups in total. The summed E-state index contributed by atoms with van der Waals surface area (Å²) in [7, 11) is -1.92. The van der Waals surface area contributed by atoms with Gasteiger partial charge in [-0.25, -0.2) is 8.42 Å². The Kier molecular flexibility index (Phi) is 8.68. The minimum absolute atomic E-state index is 0.176. The lowest BCUT2D eigenvalue weighted by atomic mass is 10.1. The molecule has 4 rings (SSSR count). The molecule has 0 radical (unpaired) electrons. The summed E-state index contributed by atoms with van der Waals surface area (Å²) in [5.74, 6) is 0.632. The van der Waals surface area contributed by atoms with Crippen LogP contribution >= 0.6 is 0 Å². The fourth-order valence-corrected chi connectivity index (χ4v) is 6.58. The number of rotatable bonds is 9. The molecule has 2 aromatic rings. The van der Waals surface area contributed by atoms with Gasteiger partial charge in [-0.15, -0.1) is 0 Å². The summed E-state index contributed by atoms with van der Waals surface area (Å²) >= 11 is 0. The lowest BCUT2D eigenvalue weighted by molar-refractivity contribution is 0.0787.